The van der Waals surface area contributed by atoms with Crippen LogP contribution in [0, 0.1) is 5.92 Å². The van der Waals surface area contributed by atoms with E-state index in [1.165, 1.54) is 25.7 Å². The summed E-state index contributed by atoms with van der Waals surface area (Å²) >= 11 is 0. The molecule has 2 saturated carbocycles. The van der Waals surface area contributed by atoms with E-state index in [-0.39, 0.29) is 11.4 Å². The molecule has 2 rings (SSSR count). The maximum absolute atomic E-state index is 11.8. The molecular formula is C13H24N2O. The lowest BCUT2D eigenvalue weighted by molar-refractivity contribution is -0.123. The molecule has 0 aromatic heterocycles. The number of nitrogens with two attached hydrogens (primary N) is 1. The van der Waals surface area contributed by atoms with Crippen LogP contribution in [-0.2, 0) is 4.79 Å². The molecular weight excluding hydrogens is 200 g/mol. The Bertz CT molecular complexity index is 257. The number of hydrogen-bond donors (Lipinski definition) is 2. The molecule has 0 aromatic carbocycles. The Hall–Kier alpha value is -0.570. The molecule has 2 aliphatic rings. The third-order valence-corrected chi connectivity index (χ3v) is 4.03. The van der Waals surface area contributed by atoms with Crippen LogP contribution in [0.2, 0.25) is 0 Å². The fourth-order valence-electron chi connectivity index (χ4n) is 2.49. The number of nitrogens with one attached hydrogen (secondary N) is 1. The topological polar surface area (TPSA) is 55.1 Å². The van der Waals surface area contributed by atoms with Crippen molar-refractivity contribution < 1.29 is 4.79 Å². The van der Waals surface area contributed by atoms with Crippen molar-refractivity contribution >= 4 is 5.91 Å². The Balaban J connectivity index is 1.71. The van der Waals surface area contributed by atoms with Crippen LogP contribution >= 0.6 is 0 Å². The van der Waals surface area contributed by atoms with E-state index in [1.807, 2.05) is 0 Å². The van der Waals surface area contributed by atoms with Gasteiger partial charge in [0, 0.05) is 18.0 Å². The van der Waals surface area contributed by atoms with Crippen LogP contribution in [-0.4, -0.2) is 17.5 Å². The fourth-order valence-corrected chi connectivity index (χ4v) is 2.49. The third kappa shape index (κ3) is 3.21. The average molecular weight is 224 g/mol. The van der Waals surface area contributed by atoms with Crippen LogP contribution in [0.5, 0.6) is 0 Å². The molecule has 3 nitrogen and oxygen atoms in total. The molecule has 1 atom stereocenters. The minimum Gasteiger partial charge on any atom is -0.353 e. The minimum atomic E-state index is -0.179. The van der Waals surface area contributed by atoms with Crippen molar-refractivity contribution in [2.45, 2.75) is 69.9 Å². The van der Waals surface area contributed by atoms with Gasteiger partial charge in [0.15, 0.2) is 0 Å². The molecule has 1 unspecified atom stereocenters. The van der Waals surface area contributed by atoms with Gasteiger partial charge in [-0.15, -0.1) is 0 Å². The summed E-state index contributed by atoms with van der Waals surface area (Å²) in [5.74, 6) is 1.04. The molecule has 92 valence electrons. The van der Waals surface area contributed by atoms with Crippen molar-refractivity contribution in [2.75, 3.05) is 0 Å². The summed E-state index contributed by atoms with van der Waals surface area (Å²) in [5.41, 5.74) is 5.90. The summed E-state index contributed by atoms with van der Waals surface area (Å²) in [6.07, 6.45) is 8.65. The summed E-state index contributed by atoms with van der Waals surface area (Å²) < 4.78 is 0. The van der Waals surface area contributed by atoms with E-state index in [0.717, 1.165) is 25.2 Å². The van der Waals surface area contributed by atoms with Gasteiger partial charge >= 0.3 is 0 Å². The van der Waals surface area contributed by atoms with Gasteiger partial charge in [0.1, 0.15) is 0 Å². The smallest absolute Gasteiger partial charge is 0.222 e. The lowest BCUT2D eigenvalue weighted by atomic mass is 9.75. The van der Waals surface area contributed by atoms with Gasteiger partial charge in [-0.1, -0.05) is 19.8 Å². The molecule has 3 N–H and O–H groups in total. The standard InChI is InChI=1S/C13H24N2O/c1-2-11(8-10-4-5-10)15-12(16)9-13(14)6-3-7-13/h10-11H,2-9,14H2,1H3,(H,15,16). The highest BCUT2D eigenvalue weighted by Crippen LogP contribution is 2.34. The Labute approximate surface area is 98.2 Å². The van der Waals surface area contributed by atoms with E-state index >= 15 is 0 Å². The van der Waals surface area contributed by atoms with Gasteiger partial charge in [-0.25, -0.2) is 0 Å². The van der Waals surface area contributed by atoms with Crippen molar-refractivity contribution in [1.29, 1.82) is 0 Å². The van der Waals surface area contributed by atoms with Gasteiger partial charge in [-0.2, -0.15) is 0 Å². The molecule has 0 aromatic rings. The maximum atomic E-state index is 11.8. The second-order valence-electron chi connectivity index (χ2n) is 5.74. The van der Waals surface area contributed by atoms with Gasteiger partial charge in [0.25, 0.3) is 0 Å². The first-order valence-corrected chi connectivity index (χ1v) is 6.69. The van der Waals surface area contributed by atoms with E-state index in [1.54, 1.807) is 0 Å². The molecule has 0 aliphatic heterocycles. The first-order valence-electron chi connectivity index (χ1n) is 6.69. The van der Waals surface area contributed by atoms with E-state index in [0.29, 0.717) is 12.5 Å². The Morgan fingerprint density at radius 3 is 2.62 bits per heavy atom. The molecule has 0 heterocycles. The average Bonchev–Trinajstić information content (AvgIpc) is 2.98. The molecule has 2 fully saturated rings. The second-order valence-corrected chi connectivity index (χ2v) is 5.74. The lowest BCUT2D eigenvalue weighted by Gasteiger charge is -2.37. The summed E-state index contributed by atoms with van der Waals surface area (Å²) in [7, 11) is 0. The van der Waals surface area contributed by atoms with Crippen molar-refractivity contribution in [3.63, 3.8) is 0 Å². The predicted octanol–water partition coefficient (Wildman–Crippen LogP) is 1.95. The van der Waals surface area contributed by atoms with E-state index in [9.17, 15) is 4.79 Å². The van der Waals surface area contributed by atoms with Crippen LogP contribution in [0.1, 0.15) is 58.3 Å². The minimum absolute atomic E-state index is 0.162. The van der Waals surface area contributed by atoms with E-state index in [4.69, 9.17) is 5.73 Å². The molecule has 3 heteroatoms. The van der Waals surface area contributed by atoms with Crippen molar-refractivity contribution in [1.82, 2.24) is 5.32 Å². The van der Waals surface area contributed by atoms with Crippen LogP contribution in [0.15, 0.2) is 0 Å². The summed E-state index contributed by atoms with van der Waals surface area (Å²) in [6.45, 7) is 2.15. The fraction of sp³-hybridized carbons (Fsp3) is 0.923. The highest BCUT2D eigenvalue weighted by molar-refractivity contribution is 5.77. The van der Waals surface area contributed by atoms with Crippen LogP contribution < -0.4 is 11.1 Å². The Morgan fingerprint density at radius 2 is 2.19 bits per heavy atom. The zero-order chi connectivity index (χ0) is 11.6. The van der Waals surface area contributed by atoms with Gasteiger partial charge in [-0.3, -0.25) is 4.79 Å². The largest absolute Gasteiger partial charge is 0.353 e. The highest BCUT2D eigenvalue weighted by atomic mass is 16.1. The summed E-state index contributed by atoms with van der Waals surface area (Å²) in [5, 5.41) is 3.14. The number of carbonyl (C=O) groups is 1. The van der Waals surface area contributed by atoms with Gasteiger partial charge < -0.3 is 11.1 Å². The van der Waals surface area contributed by atoms with Gasteiger partial charge in [0.2, 0.25) is 5.91 Å². The van der Waals surface area contributed by atoms with Crippen LogP contribution in [0.25, 0.3) is 0 Å². The maximum Gasteiger partial charge on any atom is 0.222 e. The Morgan fingerprint density at radius 1 is 1.50 bits per heavy atom. The Kier molecular flexibility index (Phi) is 3.53. The quantitative estimate of drug-likeness (QED) is 0.724. The van der Waals surface area contributed by atoms with E-state index in [2.05, 4.69) is 12.2 Å². The van der Waals surface area contributed by atoms with Crippen LogP contribution in [0.4, 0.5) is 0 Å². The lowest BCUT2D eigenvalue weighted by Crippen LogP contribution is -2.51. The molecule has 0 saturated heterocycles. The van der Waals surface area contributed by atoms with Crippen molar-refractivity contribution in [3.8, 4) is 0 Å². The highest BCUT2D eigenvalue weighted by Gasteiger charge is 2.35. The normalized spacial score (nSPS) is 24.6. The molecule has 2 aliphatic carbocycles. The van der Waals surface area contributed by atoms with E-state index < -0.39 is 0 Å². The number of carbonyl (C=O) groups excluding carboxylic acids is 1. The van der Waals surface area contributed by atoms with Gasteiger partial charge in [-0.05, 0) is 38.0 Å². The summed E-state index contributed by atoms with van der Waals surface area (Å²) in [4.78, 5) is 11.8. The van der Waals surface area contributed by atoms with Crippen LogP contribution in [0.3, 0.4) is 0 Å². The molecule has 1 amide bonds. The first-order chi connectivity index (χ1) is 7.61. The molecule has 0 bridgehead atoms. The first kappa shape index (κ1) is 11.9. The van der Waals surface area contributed by atoms with Crippen molar-refractivity contribution in [2.24, 2.45) is 11.7 Å². The SMILES string of the molecule is CCC(CC1CC1)NC(=O)CC1(N)CCC1. The molecule has 0 radical (unpaired) electrons. The zero-order valence-corrected chi connectivity index (χ0v) is 10.3. The monoisotopic (exact) mass is 224 g/mol. The van der Waals surface area contributed by atoms with Crippen molar-refractivity contribution in [3.05, 3.63) is 0 Å². The number of amides is 1. The third-order valence-electron chi connectivity index (χ3n) is 4.03. The predicted molar refractivity (Wildman–Crippen MR) is 64.9 cm³/mol. The molecule has 0 spiro atoms. The second kappa shape index (κ2) is 4.74. The zero-order valence-electron chi connectivity index (χ0n) is 10.3. The number of hydrogen-bond acceptors (Lipinski definition) is 2. The molecule has 16 heavy (non-hydrogen) atoms. The summed E-state index contributed by atoms with van der Waals surface area (Å²) in [6, 6.07) is 0.378. The number of rotatable bonds is 6. The van der Waals surface area contributed by atoms with Gasteiger partial charge in [0.05, 0.1) is 0 Å².